The molecule has 1 aromatic heterocycles. The van der Waals surface area contributed by atoms with E-state index in [2.05, 4.69) is 41.3 Å². The second kappa shape index (κ2) is 5.20. The van der Waals surface area contributed by atoms with Gasteiger partial charge in [0.25, 0.3) is 0 Å². The topological polar surface area (TPSA) is 79.9 Å². The molecule has 0 bridgehead atoms. The van der Waals surface area contributed by atoms with Crippen LogP contribution in [0.3, 0.4) is 0 Å². The first-order valence-electron chi connectivity index (χ1n) is 4.81. The van der Waals surface area contributed by atoms with Crippen LogP contribution in [0, 0.1) is 0 Å². The number of rotatable bonds is 4. The largest absolute Gasteiger partial charge is 0.466 e. The first-order valence-corrected chi connectivity index (χ1v) is 5.79. The molecule has 0 spiro atoms. The minimum atomic E-state index is -0.112. The lowest BCUT2D eigenvalue weighted by atomic mass is 10.3. The van der Waals surface area contributed by atoms with Crippen LogP contribution in [-0.4, -0.2) is 38.7 Å². The maximum Gasteiger partial charge on any atom is 0.336 e. The molecular formula is C9H16N4O2S. The second-order valence-electron chi connectivity index (χ2n) is 4.12. The van der Waals surface area contributed by atoms with Crippen molar-refractivity contribution in [3.63, 3.8) is 0 Å². The van der Waals surface area contributed by atoms with Crippen molar-refractivity contribution in [3.8, 4) is 6.01 Å². The molecule has 0 aliphatic carbocycles. The number of amides is 1. The van der Waals surface area contributed by atoms with Gasteiger partial charge in [-0.05, 0) is 0 Å². The summed E-state index contributed by atoms with van der Waals surface area (Å²) in [5.41, 5.74) is 0. The van der Waals surface area contributed by atoms with Gasteiger partial charge >= 0.3 is 6.01 Å². The predicted molar refractivity (Wildman–Crippen MR) is 63.8 cm³/mol. The Morgan fingerprint density at radius 1 is 1.56 bits per heavy atom. The van der Waals surface area contributed by atoms with Gasteiger partial charge in [-0.3, -0.25) is 10.1 Å². The Kier molecular flexibility index (Phi) is 4.17. The number of ether oxygens (including phenoxy) is 1. The summed E-state index contributed by atoms with van der Waals surface area (Å²) in [6.45, 7) is 6.17. The number of anilines is 1. The van der Waals surface area contributed by atoms with Crippen LogP contribution in [0.4, 0.5) is 5.95 Å². The van der Waals surface area contributed by atoms with E-state index in [0.717, 1.165) is 0 Å². The van der Waals surface area contributed by atoms with E-state index in [0.29, 0.717) is 11.7 Å². The maximum absolute atomic E-state index is 11.5. The normalized spacial score (nSPS) is 11.2. The molecule has 6 nitrogen and oxygen atoms in total. The molecule has 0 saturated heterocycles. The van der Waals surface area contributed by atoms with Crippen LogP contribution in [0.5, 0.6) is 6.01 Å². The molecule has 0 aromatic carbocycles. The number of H-pyrrole nitrogens is 1. The van der Waals surface area contributed by atoms with Crippen molar-refractivity contribution in [3.05, 3.63) is 0 Å². The van der Waals surface area contributed by atoms with E-state index < -0.39 is 0 Å². The zero-order chi connectivity index (χ0) is 12.2. The number of nitrogens with one attached hydrogen (secondary N) is 2. The van der Waals surface area contributed by atoms with E-state index in [1.54, 1.807) is 11.8 Å². The summed E-state index contributed by atoms with van der Waals surface area (Å²) in [5.74, 6) is 0.571. The van der Waals surface area contributed by atoms with Gasteiger partial charge in [0.15, 0.2) is 0 Å². The van der Waals surface area contributed by atoms with Crippen LogP contribution in [0.1, 0.15) is 20.8 Å². The van der Waals surface area contributed by atoms with Gasteiger partial charge in [0.2, 0.25) is 11.9 Å². The number of methoxy groups -OCH3 is 1. The lowest BCUT2D eigenvalue weighted by Crippen LogP contribution is -2.19. The zero-order valence-corrected chi connectivity index (χ0v) is 10.6. The van der Waals surface area contributed by atoms with Crippen molar-refractivity contribution >= 4 is 23.6 Å². The lowest BCUT2D eigenvalue weighted by molar-refractivity contribution is -0.113. The molecular weight excluding hydrogens is 228 g/mol. The molecule has 16 heavy (non-hydrogen) atoms. The highest BCUT2D eigenvalue weighted by atomic mass is 32.2. The van der Waals surface area contributed by atoms with E-state index in [9.17, 15) is 4.79 Å². The highest BCUT2D eigenvalue weighted by molar-refractivity contribution is 8.01. The highest BCUT2D eigenvalue weighted by Crippen LogP contribution is 2.22. The highest BCUT2D eigenvalue weighted by Gasteiger charge is 2.14. The van der Waals surface area contributed by atoms with E-state index in [1.165, 1.54) is 7.11 Å². The molecule has 0 aliphatic rings. The number of nitrogens with zero attached hydrogens (tertiary/aromatic N) is 2. The first-order chi connectivity index (χ1) is 7.40. The molecule has 1 heterocycles. The van der Waals surface area contributed by atoms with Crippen LogP contribution in [0.25, 0.3) is 0 Å². The minimum Gasteiger partial charge on any atom is -0.466 e. The van der Waals surface area contributed by atoms with E-state index in [4.69, 9.17) is 4.74 Å². The van der Waals surface area contributed by atoms with Crippen molar-refractivity contribution in [2.45, 2.75) is 25.5 Å². The van der Waals surface area contributed by atoms with E-state index >= 15 is 0 Å². The number of carbonyl (C=O) groups excluding carboxylic acids is 1. The Balaban J connectivity index is 2.40. The Labute approximate surface area is 98.6 Å². The van der Waals surface area contributed by atoms with Crippen molar-refractivity contribution in [2.24, 2.45) is 0 Å². The van der Waals surface area contributed by atoms with Crippen molar-refractivity contribution in [2.75, 3.05) is 18.2 Å². The molecule has 1 aromatic rings. The molecule has 0 radical (unpaired) electrons. The zero-order valence-electron chi connectivity index (χ0n) is 9.83. The molecule has 90 valence electrons. The fourth-order valence-corrected chi connectivity index (χ4v) is 1.48. The molecule has 0 fully saturated rings. The predicted octanol–water partition coefficient (Wildman–Crippen LogP) is 1.28. The van der Waals surface area contributed by atoms with Gasteiger partial charge in [-0.1, -0.05) is 20.8 Å². The Hall–Kier alpha value is -1.24. The third kappa shape index (κ3) is 4.52. The summed E-state index contributed by atoms with van der Waals surface area (Å²) in [6.07, 6.45) is 0. The molecule has 0 saturated carbocycles. The molecule has 7 heteroatoms. The van der Waals surface area contributed by atoms with Gasteiger partial charge in [0, 0.05) is 4.75 Å². The molecule has 0 aliphatic heterocycles. The first kappa shape index (κ1) is 12.8. The van der Waals surface area contributed by atoms with Crippen LogP contribution in [0.2, 0.25) is 0 Å². The summed E-state index contributed by atoms with van der Waals surface area (Å²) >= 11 is 1.57. The molecule has 0 unspecified atom stereocenters. The quantitative estimate of drug-likeness (QED) is 0.834. The molecule has 1 amide bonds. The van der Waals surface area contributed by atoms with Crippen molar-refractivity contribution < 1.29 is 9.53 Å². The average Bonchev–Trinajstić information content (AvgIpc) is 2.61. The average molecular weight is 244 g/mol. The van der Waals surface area contributed by atoms with E-state index in [1.807, 2.05) is 0 Å². The van der Waals surface area contributed by atoms with Gasteiger partial charge in [-0.2, -0.15) is 4.98 Å². The third-order valence-electron chi connectivity index (χ3n) is 1.54. The van der Waals surface area contributed by atoms with Gasteiger partial charge < -0.3 is 4.74 Å². The summed E-state index contributed by atoms with van der Waals surface area (Å²) in [5, 5.41) is 8.87. The van der Waals surface area contributed by atoms with Crippen molar-refractivity contribution in [1.82, 2.24) is 15.2 Å². The van der Waals surface area contributed by atoms with Gasteiger partial charge in [-0.25, -0.2) is 5.10 Å². The van der Waals surface area contributed by atoms with Crippen LogP contribution < -0.4 is 10.1 Å². The van der Waals surface area contributed by atoms with Crippen molar-refractivity contribution in [1.29, 1.82) is 0 Å². The Morgan fingerprint density at radius 3 is 2.75 bits per heavy atom. The smallest absolute Gasteiger partial charge is 0.336 e. The number of thioether (sulfide) groups is 1. The summed E-state index contributed by atoms with van der Waals surface area (Å²) in [4.78, 5) is 15.4. The van der Waals surface area contributed by atoms with Gasteiger partial charge in [-0.15, -0.1) is 16.9 Å². The summed E-state index contributed by atoms with van der Waals surface area (Å²) < 4.78 is 4.85. The number of carbonyl (C=O) groups is 1. The van der Waals surface area contributed by atoms with Crippen LogP contribution >= 0.6 is 11.8 Å². The van der Waals surface area contributed by atoms with Crippen LogP contribution in [0.15, 0.2) is 0 Å². The summed E-state index contributed by atoms with van der Waals surface area (Å²) in [6, 6.07) is 0.207. The Bertz CT molecular complexity index is 359. The number of hydrogen-bond donors (Lipinski definition) is 2. The maximum atomic E-state index is 11.5. The standard InChI is InChI=1S/C9H16N4O2S/c1-9(2,3)16-5-6(14)10-7-11-8(15-4)13-12-7/h5H2,1-4H3,(H2,10,11,12,13,14). The second-order valence-corrected chi connectivity index (χ2v) is 5.92. The lowest BCUT2D eigenvalue weighted by Gasteiger charge is -2.16. The fraction of sp³-hybridized carbons (Fsp3) is 0.667. The van der Waals surface area contributed by atoms with Gasteiger partial charge in [0.05, 0.1) is 12.9 Å². The van der Waals surface area contributed by atoms with Gasteiger partial charge in [0.1, 0.15) is 0 Å². The van der Waals surface area contributed by atoms with Crippen LogP contribution in [-0.2, 0) is 4.79 Å². The monoisotopic (exact) mass is 244 g/mol. The number of aromatic nitrogens is 3. The Morgan fingerprint density at radius 2 is 2.25 bits per heavy atom. The summed E-state index contributed by atoms with van der Waals surface area (Å²) in [7, 11) is 1.46. The fourth-order valence-electron chi connectivity index (χ4n) is 0.844. The molecule has 0 atom stereocenters. The minimum absolute atomic E-state index is 0.0659. The molecule has 1 rings (SSSR count). The number of aromatic amines is 1. The van der Waals surface area contributed by atoms with E-state index in [-0.39, 0.29) is 16.7 Å². The third-order valence-corrected chi connectivity index (χ3v) is 2.81. The SMILES string of the molecule is COc1n[nH]c(NC(=O)CSC(C)(C)C)n1. The number of hydrogen-bond acceptors (Lipinski definition) is 5. The molecule has 2 N–H and O–H groups in total.